The number of aliphatic hydroxyl groups excluding tert-OH is 1. The fourth-order valence-electron chi connectivity index (χ4n) is 2.06. The molecule has 3 nitrogen and oxygen atoms in total. The molecule has 0 aliphatic heterocycles. The van der Waals surface area contributed by atoms with Gasteiger partial charge >= 0.3 is 0 Å². The van der Waals surface area contributed by atoms with Gasteiger partial charge in [0.15, 0.2) is 4.96 Å². The Labute approximate surface area is 119 Å². The van der Waals surface area contributed by atoms with Crippen LogP contribution in [-0.4, -0.2) is 20.7 Å². The number of hydrogen-bond acceptors (Lipinski definition) is 4. The topological polar surface area (TPSA) is 37.5 Å². The third-order valence-corrected chi connectivity index (χ3v) is 4.73. The summed E-state index contributed by atoms with van der Waals surface area (Å²) in [5.41, 5.74) is 2.15. The fraction of sp³-hybridized carbons (Fsp3) is 0.214. The largest absolute Gasteiger partial charge is 0.390 e. The summed E-state index contributed by atoms with van der Waals surface area (Å²) in [4.78, 5) is 7.79. The molecular weight excluding hydrogens is 276 g/mol. The second-order valence-electron chi connectivity index (χ2n) is 4.29. The van der Waals surface area contributed by atoms with Gasteiger partial charge in [0, 0.05) is 22.4 Å². The van der Waals surface area contributed by atoms with Gasteiger partial charge in [-0.25, -0.2) is 4.98 Å². The Morgan fingerprint density at radius 2 is 2.32 bits per heavy atom. The molecule has 3 rings (SSSR count). The molecule has 2 aromatic heterocycles. The molecule has 2 heterocycles. The molecule has 0 radical (unpaired) electrons. The van der Waals surface area contributed by atoms with Gasteiger partial charge in [0.05, 0.1) is 18.5 Å². The van der Waals surface area contributed by atoms with Crippen LogP contribution in [0.3, 0.4) is 0 Å². The van der Waals surface area contributed by atoms with Crippen molar-refractivity contribution >= 4 is 28.1 Å². The zero-order chi connectivity index (χ0) is 13.2. The van der Waals surface area contributed by atoms with E-state index in [0.717, 1.165) is 17.1 Å². The summed E-state index contributed by atoms with van der Waals surface area (Å²) in [7, 11) is 0. The van der Waals surface area contributed by atoms with Crippen molar-refractivity contribution in [2.75, 3.05) is 6.26 Å². The average molecular weight is 290 g/mol. The molecule has 5 heteroatoms. The molecule has 0 amide bonds. The minimum absolute atomic E-state index is 0.0271. The Morgan fingerprint density at radius 1 is 1.42 bits per heavy atom. The summed E-state index contributed by atoms with van der Waals surface area (Å²) in [6, 6.07) is 8.59. The number of thiazole rings is 1. The standard InChI is InChI=1S/C14H14N2OS2/c1-18-12-4-2-3-10(5-12)6-13-8-16-11(9-17)7-15-14(16)19-13/h2-5,7-8,17H,6,9H2,1H3. The number of hydrogen-bond donors (Lipinski definition) is 1. The van der Waals surface area contributed by atoms with Crippen molar-refractivity contribution < 1.29 is 5.11 Å². The SMILES string of the molecule is CSc1cccc(Cc2cn3c(CO)cnc3s2)c1. The summed E-state index contributed by atoms with van der Waals surface area (Å²) in [6.45, 7) is 0.0271. The summed E-state index contributed by atoms with van der Waals surface area (Å²) >= 11 is 3.43. The van der Waals surface area contributed by atoms with Crippen LogP contribution in [0, 0.1) is 0 Å². The van der Waals surface area contributed by atoms with Gasteiger partial charge in [-0.1, -0.05) is 12.1 Å². The molecule has 19 heavy (non-hydrogen) atoms. The highest BCUT2D eigenvalue weighted by Crippen LogP contribution is 2.23. The number of aliphatic hydroxyl groups is 1. The van der Waals surface area contributed by atoms with E-state index >= 15 is 0 Å². The second-order valence-corrected chi connectivity index (χ2v) is 6.26. The van der Waals surface area contributed by atoms with Crippen LogP contribution in [0.2, 0.25) is 0 Å². The van der Waals surface area contributed by atoms with E-state index in [0.29, 0.717) is 0 Å². The highest BCUT2D eigenvalue weighted by atomic mass is 32.2. The van der Waals surface area contributed by atoms with E-state index in [2.05, 4.69) is 41.7 Å². The van der Waals surface area contributed by atoms with Crippen LogP contribution in [0.15, 0.2) is 41.6 Å². The lowest BCUT2D eigenvalue weighted by molar-refractivity contribution is 0.276. The first-order valence-electron chi connectivity index (χ1n) is 5.98. The van der Waals surface area contributed by atoms with Gasteiger partial charge in [-0.3, -0.25) is 4.40 Å². The van der Waals surface area contributed by atoms with Crippen molar-refractivity contribution in [3.8, 4) is 0 Å². The molecule has 0 spiro atoms. The maximum atomic E-state index is 9.23. The summed E-state index contributed by atoms with van der Waals surface area (Å²) in [5, 5.41) is 9.23. The zero-order valence-electron chi connectivity index (χ0n) is 10.5. The molecular formula is C14H14N2OS2. The maximum Gasteiger partial charge on any atom is 0.194 e. The quantitative estimate of drug-likeness (QED) is 0.750. The second kappa shape index (κ2) is 5.36. The van der Waals surface area contributed by atoms with Gasteiger partial charge in [-0.05, 0) is 24.0 Å². The molecule has 1 aromatic carbocycles. The van der Waals surface area contributed by atoms with E-state index in [1.807, 2.05) is 4.40 Å². The molecule has 0 saturated carbocycles. The normalized spacial score (nSPS) is 11.3. The molecule has 0 unspecified atom stereocenters. The van der Waals surface area contributed by atoms with E-state index < -0.39 is 0 Å². The first kappa shape index (κ1) is 12.7. The van der Waals surface area contributed by atoms with Crippen LogP contribution >= 0.6 is 23.1 Å². The first-order valence-corrected chi connectivity index (χ1v) is 8.02. The summed E-state index contributed by atoms with van der Waals surface area (Å²) < 4.78 is 1.97. The number of rotatable bonds is 4. The van der Waals surface area contributed by atoms with Crippen LogP contribution in [0.1, 0.15) is 16.1 Å². The highest BCUT2D eigenvalue weighted by Gasteiger charge is 2.08. The van der Waals surface area contributed by atoms with Crippen molar-refractivity contribution in [1.29, 1.82) is 0 Å². The number of imidazole rings is 1. The Kier molecular flexibility index (Phi) is 3.59. The molecule has 1 N–H and O–H groups in total. The summed E-state index contributed by atoms with van der Waals surface area (Å²) in [5.74, 6) is 0. The van der Waals surface area contributed by atoms with Gasteiger partial charge in [-0.15, -0.1) is 23.1 Å². The van der Waals surface area contributed by atoms with Crippen LogP contribution in [0.4, 0.5) is 0 Å². The maximum absolute atomic E-state index is 9.23. The van der Waals surface area contributed by atoms with Crippen LogP contribution < -0.4 is 0 Å². The van der Waals surface area contributed by atoms with E-state index in [1.165, 1.54) is 15.3 Å². The molecule has 0 bridgehead atoms. The number of fused-ring (bicyclic) bond motifs is 1. The fourth-order valence-corrected chi connectivity index (χ4v) is 3.55. The lowest BCUT2D eigenvalue weighted by atomic mass is 10.1. The molecule has 0 saturated heterocycles. The Balaban J connectivity index is 1.89. The molecule has 0 aliphatic rings. The lowest BCUT2D eigenvalue weighted by Gasteiger charge is -2.01. The van der Waals surface area contributed by atoms with Crippen molar-refractivity contribution in [2.45, 2.75) is 17.9 Å². The van der Waals surface area contributed by atoms with Crippen molar-refractivity contribution in [1.82, 2.24) is 9.38 Å². The third kappa shape index (κ3) is 2.54. The van der Waals surface area contributed by atoms with Crippen molar-refractivity contribution in [3.05, 3.63) is 52.8 Å². The molecule has 0 aliphatic carbocycles. The zero-order valence-corrected chi connectivity index (χ0v) is 12.2. The average Bonchev–Trinajstić information content (AvgIpc) is 2.98. The predicted octanol–water partition coefficient (Wildman–Crippen LogP) is 3.20. The minimum Gasteiger partial charge on any atom is -0.390 e. The van der Waals surface area contributed by atoms with E-state index in [9.17, 15) is 5.11 Å². The van der Waals surface area contributed by atoms with Gasteiger partial charge in [0.2, 0.25) is 0 Å². The van der Waals surface area contributed by atoms with Crippen LogP contribution in [0.25, 0.3) is 4.96 Å². The van der Waals surface area contributed by atoms with Crippen molar-refractivity contribution in [2.24, 2.45) is 0 Å². The highest BCUT2D eigenvalue weighted by molar-refractivity contribution is 7.98. The monoisotopic (exact) mass is 290 g/mol. The van der Waals surface area contributed by atoms with Gasteiger partial charge in [0.25, 0.3) is 0 Å². The van der Waals surface area contributed by atoms with Gasteiger partial charge in [0.1, 0.15) is 0 Å². The van der Waals surface area contributed by atoms with Gasteiger partial charge in [-0.2, -0.15) is 0 Å². The van der Waals surface area contributed by atoms with Gasteiger partial charge < -0.3 is 5.11 Å². The molecule has 3 aromatic rings. The van der Waals surface area contributed by atoms with E-state index in [-0.39, 0.29) is 6.61 Å². The van der Waals surface area contributed by atoms with Crippen LogP contribution in [-0.2, 0) is 13.0 Å². The van der Waals surface area contributed by atoms with E-state index in [4.69, 9.17) is 0 Å². The van der Waals surface area contributed by atoms with Crippen molar-refractivity contribution in [3.63, 3.8) is 0 Å². The van der Waals surface area contributed by atoms with E-state index in [1.54, 1.807) is 29.3 Å². The minimum atomic E-state index is 0.0271. The molecule has 98 valence electrons. The smallest absolute Gasteiger partial charge is 0.194 e. The van der Waals surface area contributed by atoms with Crippen LogP contribution in [0.5, 0.6) is 0 Å². The number of aromatic nitrogens is 2. The third-order valence-electron chi connectivity index (χ3n) is 3.01. The molecule has 0 fully saturated rings. The summed E-state index contributed by atoms with van der Waals surface area (Å²) in [6.07, 6.45) is 6.80. The Hall–Kier alpha value is -1.30. The number of nitrogens with zero attached hydrogens (tertiary/aromatic N) is 2. The Morgan fingerprint density at radius 3 is 3.11 bits per heavy atom. The lowest BCUT2D eigenvalue weighted by Crippen LogP contribution is -1.89. The molecule has 0 atom stereocenters. The Bertz CT molecular complexity index is 702. The number of thioether (sulfide) groups is 1. The first-order chi connectivity index (χ1) is 9.30. The predicted molar refractivity (Wildman–Crippen MR) is 80.0 cm³/mol. The number of benzene rings is 1.